The zero-order valence-corrected chi connectivity index (χ0v) is 9.35. The third-order valence-corrected chi connectivity index (χ3v) is 3.49. The summed E-state index contributed by atoms with van der Waals surface area (Å²) in [5.74, 6) is -1.29. The summed E-state index contributed by atoms with van der Waals surface area (Å²) in [5.41, 5.74) is 4.02. The van der Waals surface area contributed by atoms with Crippen LogP contribution < -0.4 is 5.73 Å². The lowest BCUT2D eigenvalue weighted by molar-refractivity contribution is -0.158. The third kappa shape index (κ3) is 1.81. The first kappa shape index (κ1) is 11.6. The maximum absolute atomic E-state index is 11.5. The molecule has 1 fully saturated rings. The second-order valence-electron chi connectivity index (χ2n) is 3.66. The van der Waals surface area contributed by atoms with E-state index in [0.717, 1.165) is 0 Å². The molecule has 2 unspecified atom stereocenters. The number of alkyl halides is 2. The van der Waals surface area contributed by atoms with Gasteiger partial charge < -0.3 is 10.5 Å². The van der Waals surface area contributed by atoms with E-state index in [4.69, 9.17) is 33.7 Å². The molecule has 1 amide bonds. The molecule has 80 valence electrons. The molecule has 0 aromatic carbocycles. The second-order valence-corrected chi connectivity index (χ2v) is 5.15. The van der Waals surface area contributed by atoms with Crippen LogP contribution in [0.5, 0.6) is 0 Å². The number of carbonyl (C=O) groups excluding carboxylic acids is 2. The molecule has 0 saturated heterocycles. The summed E-state index contributed by atoms with van der Waals surface area (Å²) in [6.45, 7) is 2.99. The fraction of sp³-hybridized carbons (Fsp3) is 0.750. The predicted molar refractivity (Wildman–Crippen MR) is 51.9 cm³/mol. The molecule has 1 aliphatic carbocycles. The third-order valence-electron chi connectivity index (χ3n) is 2.39. The topological polar surface area (TPSA) is 69.4 Å². The van der Waals surface area contributed by atoms with Crippen LogP contribution in [0.4, 0.5) is 0 Å². The van der Waals surface area contributed by atoms with Gasteiger partial charge in [-0.1, -0.05) is 0 Å². The molecule has 0 spiro atoms. The summed E-state index contributed by atoms with van der Waals surface area (Å²) in [6, 6.07) is 0. The molecule has 2 atom stereocenters. The Morgan fingerprint density at radius 3 is 2.21 bits per heavy atom. The summed E-state index contributed by atoms with van der Waals surface area (Å²) >= 11 is 11.5. The number of primary amides is 1. The van der Waals surface area contributed by atoms with Gasteiger partial charge in [-0.25, -0.2) is 0 Å². The van der Waals surface area contributed by atoms with Gasteiger partial charge in [-0.3, -0.25) is 9.59 Å². The monoisotopic (exact) mass is 239 g/mol. The molecule has 4 nitrogen and oxygen atoms in total. The number of hydrogen-bond donors (Lipinski definition) is 1. The molecule has 1 rings (SSSR count). The molecule has 0 aromatic heterocycles. The Morgan fingerprint density at radius 1 is 1.50 bits per heavy atom. The summed E-state index contributed by atoms with van der Waals surface area (Å²) in [6.07, 6.45) is -0.628. The maximum atomic E-state index is 11.5. The number of hydrogen-bond acceptors (Lipinski definition) is 3. The van der Waals surface area contributed by atoms with Crippen molar-refractivity contribution in [2.24, 2.45) is 11.1 Å². The highest BCUT2D eigenvalue weighted by Crippen LogP contribution is 2.64. The molecule has 6 heteroatoms. The average molecular weight is 240 g/mol. The van der Waals surface area contributed by atoms with E-state index < -0.39 is 27.7 Å². The van der Waals surface area contributed by atoms with Gasteiger partial charge in [0.15, 0.2) is 6.10 Å². The molecule has 0 aliphatic heterocycles. The lowest BCUT2D eigenvalue weighted by atomic mass is 10.1. The van der Waals surface area contributed by atoms with Crippen molar-refractivity contribution in [1.82, 2.24) is 0 Å². The Labute approximate surface area is 91.7 Å². The Morgan fingerprint density at radius 2 is 1.93 bits per heavy atom. The Balaban J connectivity index is 2.57. The molecular weight excluding hydrogens is 229 g/mol. The van der Waals surface area contributed by atoms with Gasteiger partial charge in [-0.2, -0.15) is 0 Å². The van der Waals surface area contributed by atoms with Crippen molar-refractivity contribution in [2.75, 3.05) is 0 Å². The van der Waals surface area contributed by atoms with E-state index >= 15 is 0 Å². The van der Waals surface area contributed by atoms with Crippen molar-refractivity contribution in [3.05, 3.63) is 0 Å². The quantitative estimate of drug-likeness (QED) is 0.590. The van der Waals surface area contributed by atoms with Gasteiger partial charge in [0, 0.05) is 6.42 Å². The fourth-order valence-corrected chi connectivity index (χ4v) is 1.66. The smallest absolute Gasteiger partial charge is 0.315 e. The van der Waals surface area contributed by atoms with E-state index in [9.17, 15) is 9.59 Å². The van der Waals surface area contributed by atoms with E-state index in [1.807, 2.05) is 0 Å². The number of ether oxygens (including phenoxy) is 1. The lowest BCUT2D eigenvalue weighted by Gasteiger charge is -2.14. The van der Waals surface area contributed by atoms with Gasteiger partial charge in [0.1, 0.15) is 9.75 Å². The molecule has 1 aliphatic rings. The van der Waals surface area contributed by atoms with Crippen LogP contribution in [0.1, 0.15) is 20.3 Å². The zero-order valence-electron chi connectivity index (χ0n) is 7.84. The van der Waals surface area contributed by atoms with Crippen LogP contribution in [0.2, 0.25) is 0 Å². The summed E-state index contributed by atoms with van der Waals surface area (Å²) in [5, 5.41) is 0. The first-order valence-electron chi connectivity index (χ1n) is 4.09. The molecule has 1 saturated carbocycles. The molecule has 14 heavy (non-hydrogen) atoms. The molecular formula is C8H11Cl2NO3. The van der Waals surface area contributed by atoms with E-state index in [-0.39, 0.29) is 0 Å². The van der Waals surface area contributed by atoms with Crippen LogP contribution in [0, 0.1) is 5.41 Å². The van der Waals surface area contributed by atoms with Crippen LogP contribution in [0.25, 0.3) is 0 Å². The molecule has 0 heterocycles. The van der Waals surface area contributed by atoms with Gasteiger partial charge >= 0.3 is 5.97 Å². The first-order chi connectivity index (χ1) is 6.21. The van der Waals surface area contributed by atoms with E-state index in [0.29, 0.717) is 6.42 Å². The summed E-state index contributed by atoms with van der Waals surface area (Å²) in [4.78, 5) is 22.1. The number of carbonyl (C=O) groups is 2. The molecule has 0 aromatic rings. The van der Waals surface area contributed by atoms with Gasteiger partial charge in [-0.15, -0.1) is 23.2 Å². The SMILES string of the molecule is CC(OC(=O)C1(C)CC1(Cl)Cl)C(N)=O. The van der Waals surface area contributed by atoms with Crippen molar-refractivity contribution >= 4 is 35.1 Å². The predicted octanol–water partition coefficient (Wildman–Crippen LogP) is 0.987. The van der Waals surface area contributed by atoms with E-state index in [1.165, 1.54) is 6.92 Å². The number of esters is 1. The van der Waals surface area contributed by atoms with Crippen molar-refractivity contribution in [2.45, 2.75) is 30.7 Å². The second kappa shape index (κ2) is 3.28. The van der Waals surface area contributed by atoms with Crippen molar-refractivity contribution in [3.63, 3.8) is 0 Å². The van der Waals surface area contributed by atoms with Crippen molar-refractivity contribution in [3.8, 4) is 0 Å². The number of nitrogens with two attached hydrogens (primary N) is 1. The molecule has 2 N–H and O–H groups in total. The minimum Gasteiger partial charge on any atom is -0.452 e. The van der Waals surface area contributed by atoms with Crippen LogP contribution in [0.3, 0.4) is 0 Å². The van der Waals surface area contributed by atoms with E-state index in [1.54, 1.807) is 6.92 Å². The Kier molecular flexibility index (Phi) is 2.71. The number of amides is 1. The van der Waals surface area contributed by atoms with Gasteiger partial charge in [0.05, 0.1) is 0 Å². The first-order valence-corrected chi connectivity index (χ1v) is 4.84. The minimum atomic E-state index is -1.08. The Hall–Kier alpha value is -0.480. The lowest BCUT2D eigenvalue weighted by Crippen LogP contribution is -2.34. The van der Waals surface area contributed by atoms with Crippen LogP contribution >= 0.6 is 23.2 Å². The van der Waals surface area contributed by atoms with Crippen molar-refractivity contribution in [1.29, 1.82) is 0 Å². The van der Waals surface area contributed by atoms with E-state index in [2.05, 4.69) is 0 Å². The highest BCUT2D eigenvalue weighted by atomic mass is 35.5. The van der Waals surface area contributed by atoms with Crippen LogP contribution in [-0.4, -0.2) is 22.3 Å². The molecule has 0 bridgehead atoms. The average Bonchev–Trinajstić information content (AvgIpc) is 2.52. The van der Waals surface area contributed by atoms with Crippen LogP contribution in [-0.2, 0) is 14.3 Å². The highest BCUT2D eigenvalue weighted by Gasteiger charge is 2.69. The minimum absolute atomic E-state index is 0.327. The maximum Gasteiger partial charge on any atom is 0.315 e. The molecule has 0 radical (unpaired) electrons. The largest absolute Gasteiger partial charge is 0.452 e. The standard InChI is InChI=1S/C8H11Cl2NO3/c1-4(5(11)12)14-6(13)7(2)3-8(7,9)10/h4H,3H2,1-2H3,(H2,11,12). The fourth-order valence-electron chi connectivity index (χ4n) is 0.970. The Bertz CT molecular complexity index is 292. The summed E-state index contributed by atoms with van der Waals surface area (Å²) in [7, 11) is 0. The van der Waals surface area contributed by atoms with Crippen LogP contribution in [0.15, 0.2) is 0 Å². The van der Waals surface area contributed by atoms with Gasteiger partial charge in [-0.05, 0) is 13.8 Å². The number of halogens is 2. The number of rotatable bonds is 3. The van der Waals surface area contributed by atoms with Gasteiger partial charge in [0.25, 0.3) is 5.91 Å². The highest BCUT2D eigenvalue weighted by molar-refractivity contribution is 6.53. The zero-order chi connectivity index (χ0) is 11.1. The normalized spacial score (nSPS) is 30.6. The summed E-state index contributed by atoms with van der Waals surface area (Å²) < 4.78 is 3.71. The van der Waals surface area contributed by atoms with Crippen molar-refractivity contribution < 1.29 is 14.3 Å². The van der Waals surface area contributed by atoms with Gasteiger partial charge in [0.2, 0.25) is 0 Å².